The fourth-order valence-electron chi connectivity index (χ4n) is 6.21. The molecular formula is C31H23N3O3. The summed E-state index contributed by atoms with van der Waals surface area (Å²) in [6.45, 7) is 1.97. The van der Waals surface area contributed by atoms with Crippen LogP contribution in [0.3, 0.4) is 0 Å². The van der Waals surface area contributed by atoms with Crippen molar-refractivity contribution in [2.75, 3.05) is 9.80 Å². The molecule has 0 N–H and O–H groups in total. The van der Waals surface area contributed by atoms with Crippen LogP contribution in [0.1, 0.15) is 21.5 Å². The number of imide groups is 1. The van der Waals surface area contributed by atoms with E-state index in [0.29, 0.717) is 11.3 Å². The van der Waals surface area contributed by atoms with E-state index in [2.05, 4.69) is 4.98 Å². The minimum Gasteiger partial charge on any atom is -0.352 e. The van der Waals surface area contributed by atoms with Crippen molar-refractivity contribution in [3.63, 3.8) is 0 Å². The molecule has 3 aliphatic rings. The van der Waals surface area contributed by atoms with E-state index in [1.54, 1.807) is 42.6 Å². The smallest absolute Gasteiger partial charge is 0.240 e. The van der Waals surface area contributed by atoms with Crippen molar-refractivity contribution in [1.29, 1.82) is 0 Å². The van der Waals surface area contributed by atoms with E-state index in [-0.39, 0.29) is 17.6 Å². The summed E-state index contributed by atoms with van der Waals surface area (Å²) in [7, 11) is 0. The summed E-state index contributed by atoms with van der Waals surface area (Å²) in [4.78, 5) is 49.8. The minimum absolute atomic E-state index is 0.157. The molecular weight excluding hydrogens is 462 g/mol. The van der Waals surface area contributed by atoms with Crippen LogP contribution < -0.4 is 9.80 Å². The molecule has 2 fully saturated rings. The van der Waals surface area contributed by atoms with Crippen LogP contribution in [-0.2, 0) is 9.59 Å². The normalized spacial score (nSPS) is 23.8. The number of hydrogen-bond donors (Lipinski definition) is 0. The molecule has 1 aromatic heterocycles. The number of fused-ring (bicyclic) bond motifs is 7. The number of amides is 2. The molecule has 0 aliphatic carbocycles. The molecule has 0 unspecified atom stereocenters. The fourth-order valence-corrected chi connectivity index (χ4v) is 6.21. The van der Waals surface area contributed by atoms with Gasteiger partial charge in [0.1, 0.15) is 6.04 Å². The number of nitrogens with zero attached hydrogens (tertiary/aromatic N) is 3. The van der Waals surface area contributed by atoms with E-state index in [9.17, 15) is 14.4 Å². The quantitative estimate of drug-likeness (QED) is 0.308. The third-order valence-corrected chi connectivity index (χ3v) is 7.88. The molecule has 6 heteroatoms. The highest BCUT2D eigenvalue weighted by Gasteiger charge is 2.64. The van der Waals surface area contributed by atoms with Gasteiger partial charge < -0.3 is 4.90 Å². The van der Waals surface area contributed by atoms with E-state index in [1.807, 2.05) is 66.4 Å². The van der Waals surface area contributed by atoms with Gasteiger partial charge in [-0.15, -0.1) is 0 Å². The zero-order valence-electron chi connectivity index (χ0n) is 20.1. The maximum atomic E-state index is 14.2. The molecule has 4 aromatic rings. The summed E-state index contributed by atoms with van der Waals surface area (Å²) in [5.74, 6) is -2.19. The van der Waals surface area contributed by atoms with Crippen molar-refractivity contribution in [1.82, 2.24) is 4.98 Å². The molecule has 0 radical (unpaired) electrons. The Morgan fingerprint density at radius 3 is 2.38 bits per heavy atom. The number of aryl methyl sites for hydroxylation is 1. The minimum atomic E-state index is -0.812. The van der Waals surface area contributed by atoms with Crippen LogP contribution in [-0.4, -0.2) is 34.7 Å². The van der Waals surface area contributed by atoms with E-state index in [0.717, 1.165) is 27.7 Å². The van der Waals surface area contributed by atoms with Gasteiger partial charge in [0.2, 0.25) is 11.8 Å². The number of anilines is 2. The number of carbonyl (C=O) groups is 3. The Bertz CT molecular complexity index is 1630. The molecule has 2 saturated heterocycles. The van der Waals surface area contributed by atoms with Crippen LogP contribution in [0.15, 0.2) is 91.1 Å². The van der Waals surface area contributed by atoms with Gasteiger partial charge in [-0.1, -0.05) is 72.3 Å². The Hall–Kier alpha value is -4.58. The Balaban J connectivity index is 1.41. The average Bonchev–Trinajstić information content (AvgIpc) is 3.41. The monoisotopic (exact) mass is 485 g/mol. The first-order valence-electron chi connectivity index (χ1n) is 12.4. The van der Waals surface area contributed by atoms with Gasteiger partial charge in [0.15, 0.2) is 5.78 Å². The number of aromatic nitrogens is 1. The second-order valence-corrected chi connectivity index (χ2v) is 9.90. The van der Waals surface area contributed by atoms with Crippen molar-refractivity contribution in [3.8, 4) is 0 Å². The average molecular weight is 486 g/mol. The fraction of sp³-hybridized carbons (Fsp3) is 0.161. The predicted octanol–water partition coefficient (Wildman–Crippen LogP) is 4.82. The van der Waals surface area contributed by atoms with Crippen molar-refractivity contribution in [3.05, 3.63) is 108 Å². The summed E-state index contributed by atoms with van der Waals surface area (Å²) in [6.07, 6.45) is 5.71. The molecule has 3 aromatic carbocycles. The summed E-state index contributed by atoms with van der Waals surface area (Å²) in [5, 5.41) is 0.993. The van der Waals surface area contributed by atoms with Crippen molar-refractivity contribution < 1.29 is 14.4 Å². The number of rotatable bonds is 3. The summed E-state index contributed by atoms with van der Waals surface area (Å²) in [6, 6.07) is 23.0. The second-order valence-electron chi connectivity index (χ2n) is 9.90. The van der Waals surface area contributed by atoms with Crippen molar-refractivity contribution >= 4 is 46.0 Å². The summed E-state index contributed by atoms with van der Waals surface area (Å²) in [5.41, 5.74) is 4.67. The number of para-hydroxylation sites is 1. The van der Waals surface area contributed by atoms with Crippen LogP contribution in [0.5, 0.6) is 0 Å². The van der Waals surface area contributed by atoms with Crippen LogP contribution in [0.4, 0.5) is 11.4 Å². The lowest BCUT2D eigenvalue weighted by molar-refractivity contribution is -0.122. The first-order chi connectivity index (χ1) is 18.0. The van der Waals surface area contributed by atoms with E-state index < -0.39 is 23.9 Å². The topological polar surface area (TPSA) is 70.6 Å². The summed E-state index contributed by atoms with van der Waals surface area (Å²) < 4.78 is 0. The lowest BCUT2D eigenvalue weighted by Crippen LogP contribution is -2.48. The largest absolute Gasteiger partial charge is 0.352 e. The maximum absolute atomic E-state index is 14.2. The number of benzene rings is 3. The van der Waals surface area contributed by atoms with Crippen molar-refractivity contribution in [2.45, 2.75) is 19.0 Å². The molecule has 37 heavy (non-hydrogen) atoms. The van der Waals surface area contributed by atoms with Crippen LogP contribution in [0.2, 0.25) is 0 Å². The van der Waals surface area contributed by atoms with Gasteiger partial charge in [0.05, 0.1) is 29.1 Å². The Morgan fingerprint density at radius 1 is 0.838 bits per heavy atom. The third-order valence-electron chi connectivity index (χ3n) is 7.88. The highest BCUT2D eigenvalue weighted by atomic mass is 16.2. The standard InChI is InChI=1S/C31H23N3O3/c1-18-9-11-20(12-10-18)29(35)28-26-25(30(36)33(31(26)37)21-7-3-2-4-8-21)24-16-14-22-23(34(24)28)15-13-19-6-5-17-32-27(19)22/h2-17,24-26,28H,1H3/t24-,25+,26+,28+/m1/s1. The van der Waals surface area contributed by atoms with Crippen LogP contribution in [0, 0.1) is 18.8 Å². The molecule has 3 aliphatic heterocycles. The van der Waals surface area contributed by atoms with Gasteiger partial charge in [-0.2, -0.15) is 0 Å². The molecule has 4 atom stereocenters. The third kappa shape index (κ3) is 3.05. The predicted molar refractivity (Wildman–Crippen MR) is 142 cm³/mol. The van der Waals surface area contributed by atoms with Gasteiger partial charge in [-0.3, -0.25) is 19.4 Å². The van der Waals surface area contributed by atoms with Gasteiger partial charge in [-0.05, 0) is 31.2 Å². The van der Waals surface area contributed by atoms with Gasteiger partial charge >= 0.3 is 0 Å². The number of hydrogen-bond acceptors (Lipinski definition) is 5. The van der Waals surface area contributed by atoms with E-state index >= 15 is 0 Å². The molecule has 6 nitrogen and oxygen atoms in total. The molecule has 4 heterocycles. The Morgan fingerprint density at radius 2 is 1.59 bits per heavy atom. The van der Waals surface area contributed by atoms with Gasteiger partial charge in [-0.25, -0.2) is 4.90 Å². The van der Waals surface area contributed by atoms with Gasteiger partial charge in [0, 0.05) is 28.4 Å². The van der Waals surface area contributed by atoms with E-state index in [4.69, 9.17) is 0 Å². The van der Waals surface area contributed by atoms with E-state index in [1.165, 1.54) is 4.90 Å². The number of carbonyl (C=O) groups excluding carboxylic acids is 3. The number of ketones is 1. The summed E-state index contributed by atoms with van der Waals surface area (Å²) >= 11 is 0. The molecule has 7 rings (SSSR count). The molecule has 0 bridgehead atoms. The molecule has 180 valence electrons. The first-order valence-corrected chi connectivity index (χ1v) is 12.4. The van der Waals surface area contributed by atoms with Crippen molar-refractivity contribution in [2.24, 2.45) is 11.8 Å². The lowest BCUT2D eigenvalue weighted by Gasteiger charge is -2.37. The molecule has 0 saturated carbocycles. The zero-order valence-corrected chi connectivity index (χ0v) is 20.1. The second kappa shape index (κ2) is 7.96. The van der Waals surface area contributed by atoms with Gasteiger partial charge in [0.25, 0.3) is 0 Å². The Labute approximate surface area is 213 Å². The Kier molecular flexibility index (Phi) is 4.67. The highest BCUT2D eigenvalue weighted by Crippen LogP contribution is 2.50. The molecule has 0 spiro atoms. The van der Waals surface area contributed by atoms with Crippen LogP contribution >= 0.6 is 0 Å². The molecule has 2 amide bonds. The highest BCUT2D eigenvalue weighted by molar-refractivity contribution is 6.25. The van der Waals surface area contributed by atoms with Crippen LogP contribution in [0.25, 0.3) is 17.0 Å². The zero-order chi connectivity index (χ0) is 25.3. The lowest BCUT2D eigenvalue weighted by atomic mass is 9.86. The number of Topliss-reactive ketones (excluding diaryl/α,β-unsaturated/α-hetero) is 1. The number of pyridine rings is 1. The maximum Gasteiger partial charge on any atom is 0.240 e. The first kappa shape index (κ1) is 21.7. The SMILES string of the molecule is Cc1ccc(C(=O)[C@@H]2[C@H]3C(=O)N(c4ccccc4)C(=O)[C@H]3[C@H]3C=Cc4c(ccc5cccnc45)N32)cc1.